The molecule has 0 saturated heterocycles. The van der Waals surface area contributed by atoms with Crippen LogP contribution in [0.2, 0.25) is 0 Å². The molecule has 0 aliphatic heterocycles. The molecule has 0 unspecified atom stereocenters. The number of aryl methyl sites for hydroxylation is 1. The Labute approximate surface area is 120 Å². The van der Waals surface area contributed by atoms with Crippen molar-refractivity contribution in [2.45, 2.75) is 23.3 Å². The molecule has 0 aromatic carbocycles. The summed E-state index contributed by atoms with van der Waals surface area (Å²) in [6, 6.07) is 1.83. The molecule has 21 heavy (non-hydrogen) atoms. The molecule has 0 spiro atoms. The van der Waals surface area contributed by atoms with E-state index in [0.29, 0.717) is 5.82 Å². The number of nitrogens with one attached hydrogen (secondary N) is 1. The molecular weight excluding hydrogens is 309 g/mol. The van der Waals surface area contributed by atoms with Crippen LogP contribution in [-0.2, 0) is 6.18 Å². The molecule has 2 aromatic heterocycles. The van der Waals surface area contributed by atoms with Crippen LogP contribution >= 0.6 is 11.8 Å². The van der Waals surface area contributed by atoms with Crippen LogP contribution in [0.15, 0.2) is 27.5 Å². The highest BCUT2D eigenvalue weighted by Crippen LogP contribution is 2.32. The maximum atomic E-state index is 12.7. The number of aromatic nitrogens is 4. The lowest BCUT2D eigenvalue weighted by Crippen LogP contribution is -2.17. The summed E-state index contributed by atoms with van der Waals surface area (Å²) in [5, 5.41) is 17.9. The second-order valence-electron chi connectivity index (χ2n) is 3.84. The van der Waals surface area contributed by atoms with Crippen LogP contribution < -0.4 is 5.73 Å². The molecule has 112 valence electrons. The monoisotopic (exact) mass is 318 g/mol. The van der Waals surface area contributed by atoms with Gasteiger partial charge in [-0.2, -0.15) is 13.2 Å². The van der Waals surface area contributed by atoms with Gasteiger partial charge < -0.3 is 10.9 Å². The van der Waals surface area contributed by atoms with Crippen molar-refractivity contribution in [3.8, 4) is 0 Å². The molecule has 0 radical (unpaired) electrons. The minimum absolute atomic E-state index is 0.0537. The van der Waals surface area contributed by atoms with Gasteiger partial charge >= 0.3 is 6.18 Å². The number of nitrogens with zero attached hydrogens (tertiary/aromatic N) is 4. The summed E-state index contributed by atoms with van der Waals surface area (Å²) < 4.78 is 38.1. The molecule has 0 amide bonds. The number of nitrogens with two attached hydrogens (primary N) is 1. The number of hydrogen-bond donors (Lipinski definition) is 3. The third-order valence-corrected chi connectivity index (χ3v) is 3.17. The predicted molar refractivity (Wildman–Crippen MR) is 67.0 cm³/mol. The zero-order valence-electron chi connectivity index (χ0n) is 10.5. The molecule has 0 fully saturated rings. The lowest BCUT2D eigenvalue weighted by molar-refractivity contribution is -0.141. The highest BCUT2D eigenvalue weighted by molar-refractivity contribution is 7.99. The quantitative estimate of drug-likeness (QED) is 0.344. The molecule has 0 bridgehead atoms. The fourth-order valence-electron chi connectivity index (χ4n) is 1.38. The molecular formula is C10H9F3N6OS. The largest absolute Gasteiger partial charge is 0.433 e. The van der Waals surface area contributed by atoms with Crippen molar-refractivity contribution in [2.75, 3.05) is 0 Å². The molecule has 7 nitrogen and oxygen atoms in total. The van der Waals surface area contributed by atoms with Crippen LogP contribution in [0.25, 0.3) is 0 Å². The molecule has 0 saturated carbocycles. The Morgan fingerprint density at radius 3 is 2.62 bits per heavy atom. The molecule has 0 atom stereocenters. The SMILES string of the molecule is Cc1nc(Sc2nc(C(F)(F)F)ccc2C(N)=NO)n[nH]1. The van der Waals surface area contributed by atoms with Crippen LogP contribution in [-0.4, -0.2) is 31.2 Å². The summed E-state index contributed by atoms with van der Waals surface area (Å²) >= 11 is 0.772. The molecule has 0 aliphatic rings. The van der Waals surface area contributed by atoms with E-state index in [4.69, 9.17) is 10.9 Å². The summed E-state index contributed by atoms with van der Waals surface area (Å²) in [5.41, 5.74) is 4.39. The number of halogens is 3. The van der Waals surface area contributed by atoms with Crippen LogP contribution in [0, 0.1) is 6.92 Å². The fourth-order valence-corrected chi connectivity index (χ4v) is 2.25. The van der Waals surface area contributed by atoms with Gasteiger partial charge in [-0.05, 0) is 30.8 Å². The summed E-state index contributed by atoms with van der Waals surface area (Å²) in [6.07, 6.45) is -4.60. The van der Waals surface area contributed by atoms with Crippen molar-refractivity contribution < 1.29 is 18.4 Å². The van der Waals surface area contributed by atoms with Crippen molar-refractivity contribution in [3.63, 3.8) is 0 Å². The summed E-state index contributed by atoms with van der Waals surface area (Å²) in [5.74, 6) is 0.140. The molecule has 4 N–H and O–H groups in total. The number of alkyl halides is 3. The van der Waals surface area contributed by atoms with Crippen LogP contribution in [0.5, 0.6) is 0 Å². The van der Waals surface area contributed by atoms with E-state index in [1.54, 1.807) is 6.92 Å². The van der Waals surface area contributed by atoms with Gasteiger partial charge in [0.1, 0.15) is 16.5 Å². The Balaban J connectivity index is 2.48. The molecule has 2 aromatic rings. The summed E-state index contributed by atoms with van der Waals surface area (Å²) in [4.78, 5) is 7.45. The Morgan fingerprint density at radius 2 is 2.10 bits per heavy atom. The van der Waals surface area contributed by atoms with Gasteiger partial charge in [0.05, 0.1) is 5.56 Å². The van der Waals surface area contributed by atoms with Gasteiger partial charge in [-0.3, -0.25) is 5.10 Å². The maximum Gasteiger partial charge on any atom is 0.433 e. The van der Waals surface area contributed by atoms with E-state index in [2.05, 4.69) is 25.3 Å². The molecule has 0 aliphatic carbocycles. The van der Waals surface area contributed by atoms with Gasteiger partial charge in [0.25, 0.3) is 0 Å². The van der Waals surface area contributed by atoms with E-state index in [1.165, 1.54) is 0 Å². The first-order valence-corrected chi connectivity index (χ1v) is 6.26. The first-order chi connectivity index (χ1) is 9.81. The van der Waals surface area contributed by atoms with E-state index in [-0.39, 0.29) is 21.6 Å². The number of amidine groups is 1. The highest BCUT2D eigenvalue weighted by atomic mass is 32.2. The van der Waals surface area contributed by atoms with Crippen molar-refractivity contribution in [1.82, 2.24) is 20.2 Å². The maximum absolute atomic E-state index is 12.7. The number of oxime groups is 1. The lowest BCUT2D eigenvalue weighted by atomic mass is 10.2. The van der Waals surface area contributed by atoms with Gasteiger partial charge in [0, 0.05) is 0 Å². The van der Waals surface area contributed by atoms with Crippen molar-refractivity contribution in [3.05, 3.63) is 29.2 Å². The summed E-state index contributed by atoms with van der Waals surface area (Å²) in [7, 11) is 0. The molecule has 11 heteroatoms. The van der Waals surface area contributed by atoms with Gasteiger partial charge in [-0.1, -0.05) is 5.16 Å². The molecule has 2 rings (SSSR count). The van der Waals surface area contributed by atoms with Gasteiger partial charge in [0.15, 0.2) is 5.84 Å². The van der Waals surface area contributed by atoms with E-state index < -0.39 is 11.9 Å². The van der Waals surface area contributed by atoms with Crippen molar-refractivity contribution in [2.24, 2.45) is 10.9 Å². The normalized spacial score (nSPS) is 12.7. The fraction of sp³-hybridized carbons (Fsp3) is 0.200. The second-order valence-corrected chi connectivity index (χ2v) is 4.79. The Morgan fingerprint density at radius 1 is 1.38 bits per heavy atom. The van der Waals surface area contributed by atoms with Crippen LogP contribution in [0.4, 0.5) is 13.2 Å². The van der Waals surface area contributed by atoms with Crippen molar-refractivity contribution >= 4 is 17.6 Å². The highest BCUT2D eigenvalue weighted by Gasteiger charge is 2.33. The van der Waals surface area contributed by atoms with E-state index in [9.17, 15) is 13.2 Å². The number of rotatable bonds is 3. The zero-order valence-corrected chi connectivity index (χ0v) is 11.3. The van der Waals surface area contributed by atoms with Gasteiger partial charge in [-0.15, -0.1) is 5.10 Å². The second kappa shape index (κ2) is 5.60. The predicted octanol–water partition coefficient (Wildman–Crippen LogP) is 1.77. The van der Waals surface area contributed by atoms with Crippen molar-refractivity contribution in [1.29, 1.82) is 0 Å². The first kappa shape index (κ1) is 15.1. The average Bonchev–Trinajstić information content (AvgIpc) is 2.82. The van der Waals surface area contributed by atoms with Gasteiger partial charge in [0.2, 0.25) is 5.16 Å². The Bertz CT molecular complexity index is 684. The zero-order chi connectivity index (χ0) is 15.6. The average molecular weight is 318 g/mol. The topological polar surface area (TPSA) is 113 Å². The number of H-pyrrole nitrogens is 1. The standard InChI is InChI=1S/C10H9F3N6OS/c1-4-15-9(18-17-4)21-8-5(7(14)19-20)2-3-6(16-8)10(11,12)13/h2-3,20H,1H3,(H2,14,19)(H,15,17,18). The Hall–Kier alpha value is -2.30. The van der Waals surface area contributed by atoms with Crippen LogP contribution in [0.3, 0.4) is 0 Å². The number of hydrogen-bond acceptors (Lipinski definition) is 6. The minimum atomic E-state index is -4.60. The first-order valence-electron chi connectivity index (χ1n) is 5.44. The lowest BCUT2D eigenvalue weighted by Gasteiger charge is -2.10. The summed E-state index contributed by atoms with van der Waals surface area (Å²) in [6.45, 7) is 1.64. The number of pyridine rings is 1. The minimum Gasteiger partial charge on any atom is -0.409 e. The van der Waals surface area contributed by atoms with Crippen LogP contribution in [0.1, 0.15) is 17.1 Å². The smallest absolute Gasteiger partial charge is 0.409 e. The van der Waals surface area contributed by atoms with E-state index in [1.807, 2.05) is 0 Å². The molecule has 2 heterocycles. The van der Waals surface area contributed by atoms with E-state index in [0.717, 1.165) is 23.9 Å². The third-order valence-electron chi connectivity index (χ3n) is 2.30. The van der Waals surface area contributed by atoms with Gasteiger partial charge in [-0.25, -0.2) is 9.97 Å². The third kappa shape index (κ3) is 3.42. The number of aromatic amines is 1. The van der Waals surface area contributed by atoms with E-state index >= 15 is 0 Å². The Kier molecular flexibility index (Phi) is 4.02.